The van der Waals surface area contributed by atoms with Gasteiger partial charge in [0.15, 0.2) is 0 Å². The van der Waals surface area contributed by atoms with E-state index in [1.54, 1.807) is 0 Å². The number of anilines is 1. The molecule has 2 aromatic carbocycles. The molecular weight excluding hydrogens is 348 g/mol. The van der Waals surface area contributed by atoms with Gasteiger partial charge >= 0.3 is 0 Å². The molecule has 0 radical (unpaired) electrons. The van der Waals surface area contributed by atoms with Gasteiger partial charge in [0.2, 0.25) is 11.8 Å². The molecule has 28 heavy (non-hydrogen) atoms. The van der Waals surface area contributed by atoms with Gasteiger partial charge in [0.1, 0.15) is 6.04 Å². The maximum absolute atomic E-state index is 12.9. The number of hydrogen-bond acceptors (Lipinski definition) is 2. The molecule has 0 bridgehead atoms. The lowest BCUT2D eigenvalue weighted by molar-refractivity contribution is -0.126. The molecule has 0 spiro atoms. The molecule has 0 aliphatic carbocycles. The third-order valence-corrected chi connectivity index (χ3v) is 4.82. The molecule has 150 valence electrons. The van der Waals surface area contributed by atoms with E-state index in [0.717, 1.165) is 43.4 Å². The molecule has 0 aliphatic heterocycles. The normalized spacial score (nSPS) is 11.6. The molecule has 0 heterocycles. The first-order valence-electron chi connectivity index (χ1n) is 10.4. The van der Waals surface area contributed by atoms with Gasteiger partial charge < -0.3 is 10.6 Å². The van der Waals surface area contributed by atoms with Crippen molar-refractivity contribution in [2.45, 2.75) is 64.8 Å². The minimum atomic E-state index is -0.591. The lowest BCUT2D eigenvalue weighted by Crippen LogP contribution is -2.45. The van der Waals surface area contributed by atoms with Crippen LogP contribution in [0.15, 0.2) is 54.6 Å². The molecule has 4 heteroatoms. The van der Waals surface area contributed by atoms with Gasteiger partial charge in [-0.05, 0) is 36.1 Å². The Bertz CT molecular complexity index is 726. The number of carbonyl (C=O) groups is 2. The second kappa shape index (κ2) is 12.0. The van der Waals surface area contributed by atoms with Crippen molar-refractivity contribution in [2.24, 2.45) is 0 Å². The van der Waals surface area contributed by atoms with Crippen LogP contribution in [0.25, 0.3) is 0 Å². The lowest BCUT2D eigenvalue weighted by atomic mass is 10.0. The average molecular weight is 381 g/mol. The molecule has 0 saturated carbocycles. The Morgan fingerprint density at radius 3 is 2.21 bits per heavy atom. The highest BCUT2D eigenvalue weighted by molar-refractivity contribution is 5.97. The summed E-state index contributed by atoms with van der Waals surface area (Å²) in [6, 6.07) is 17.0. The topological polar surface area (TPSA) is 58.2 Å². The molecule has 0 fully saturated rings. The number of aryl methyl sites for hydroxylation is 1. The zero-order chi connectivity index (χ0) is 20.2. The van der Waals surface area contributed by atoms with E-state index in [-0.39, 0.29) is 11.8 Å². The van der Waals surface area contributed by atoms with Crippen molar-refractivity contribution in [3.8, 4) is 0 Å². The Morgan fingerprint density at radius 1 is 0.857 bits per heavy atom. The van der Waals surface area contributed by atoms with E-state index in [0.29, 0.717) is 12.8 Å². The summed E-state index contributed by atoms with van der Waals surface area (Å²) in [5.41, 5.74) is 2.99. The van der Waals surface area contributed by atoms with E-state index in [9.17, 15) is 9.59 Å². The van der Waals surface area contributed by atoms with Crippen LogP contribution in [0.2, 0.25) is 0 Å². The van der Waals surface area contributed by atoms with Gasteiger partial charge in [-0.25, -0.2) is 0 Å². The monoisotopic (exact) mass is 380 g/mol. The fraction of sp³-hybridized carbons (Fsp3) is 0.417. The quantitative estimate of drug-likeness (QED) is 0.546. The van der Waals surface area contributed by atoms with Crippen LogP contribution < -0.4 is 10.6 Å². The van der Waals surface area contributed by atoms with Gasteiger partial charge in [0.05, 0.1) is 0 Å². The van der Waals surface area contributed by atoms with Crippen molar-refractivity contribution >= 4 is 17.5 Å². The Morgan fingerprint density at radius 2 is 1.57 bits per heavy atom. The molecule has 2 N–H and O–H groups in total. The Labute approximate surface area is 168 Å². The number of carbonyl (C=O) groups excluding carboxylic acids is 2. The first-order valence-corrected chi connectivity index (χ1v) is 10.4. The average Bonchev–Trinajstić information content (AvgIpc) is 2.72. The zero-order valence-corrected chi connectivity index (χ0v) is 17.0. The van der Waals surface area contributed by atoms with Gasteiger partial charge in [-0.2, -0.15) is 0 Å². The van der Waals surface area contributed by atoms with Gasteiger partial charge in [-0.3, -0.25) is 9.59 Å². The largest absolute Gasteiger partial charge is 0.344 e. The zero-order valence-electron chi connectivity index (χ0n) is 17.0. The molecule has 4 nitrogen and oxygen atoms in total. The fourth-order valence-corrected chi connectivity index (χ4v) is 3.09. The summed E-state index contributed by atoms with van der Waals surface area (Å²) in [6.45, 7) is 4.24. The molecule has 1 unspecified atom stereocenters. The maximum atomic E-state index is 12.9. The Kier molecular flexibility index (Phi) is 9.26. The summed E-state index contributed by atoms with van der Waals surface area (Å²) in [6.07, 6.45) is 6.07. The second-order valence-corrected chi connectivity index (χ2v) is 7.16. The predicted octanol–water partition coefficient (Wildman–Crippen LogP) is 4.89. The van der Waals surface area contributed by atoms with Crippen LogP contribution in [0.4, 0.5) is 5.69 Å². The van der Waals surface area contributed by atoms with E-state index < -0.39 is 6.04 Å². The number of rotatable bonds is 11. The fourth-order valence-electron chi connectivity index (χ4n) is 3.09. The number of benzene rings is 2. The molecule has 0 aromatic heterocycles. The van der Waals surface area contributed by atoms with Crippen LogP contribution in [0.3, 0.4) is 0 Å². The molecule has 0 saturated heterocycles. The van der Waals surface area contributed by atoms with Crippen molar-refractivity contribution in [3.63, 3.8) is 0 Å². The molecule has 2 amide bonds. The third kappa shape index (κ3) is 7.55. The predicted molar refractivity (Wildman–Crippen MR) is 115 cm³/mol. The van der Waals surface area contributed by atoms with E-state index in [4.69, 9.17) is 0 Å². The van der Waals surface area contributed by atoms with E-state index >= 15 is 0 Å². The van der Waals surface area contributed by atoms with E-state index in [1.165, 1.54) is 5.56 Å². The maximum Gasteiger partial charge on any atom is 0.247 e. The Balaban J connectivity index is 2.01. The van der Waals surface area contributed by atoms with Crippen molar-refractivity contribution in [3.05, 3.63) is 65.7 Å². The highest BCUT2D eigenvalue weighted by Crippen LogP contribution is 2.12. The summed E-state index contributed by atoms with van der Waals surface area (Å²) >= 11 is 0. The van der Waals surface area contributed by atoms with Crippen molar-refractivity contribution in [1.82, 2.24) is 5.32 Å². The van der Waals surface area contributed by atoms with E-state index in [1.807, 2.05) is 54.6 Å². The highest BCUT2D eigenvalue weighted by Gasteiger charge is 2.21. The summed E-state index contributed by atoms with van der Waals surface area (Å²) in [7, 11) is 0. The van der Waals surface area contributed by atoms with Crippen LogP contribution in [0, 0.1) is 0 Å². The molecular formula is C24H32N2O2. The first-order chi connectivity index (χ1) is 13.6. The van der Waals surface area contributed by atoms with Crippen molar-refractivity contribution in [2.75, 3.05) is 5.32 Å². The van der Waals surface area contributed by atoms with Gasteiger partial charge in [-0.1, -0.05) is 75.6 Å². The van der Waals surface area contributed by atoms with Gasteiger partial charge in [0.25, 0.3) is 0 Å². The van der Waals surface area contributed by atoms with E-state index in [2.05, 4.69) is 24.5 Å². The number of nitrogens with one attached hydrogen (secondary N) is 2. The van der Waals surface area contributed by atoms with Gasteiger partial charge in [0, 0.05) is 18.5 Å². The SMILES string of the molecule is CCCCCCC(=O)NC(Cc1ccccc1)C(=O)Nc1ccc(CC)cc1. The summed E-state index contributed by atoms with van der Waals surface area (Å²) < 4.78 is 0. The van der Waals surface area contributed by atoms with Gasteiger partial charge in [-0.15, -0.1) is 0 Å². The summed E-state index contributed by atoms with van der Waals surface area (Å²) in [5.74, 6) is -0.247. The smallest absolute Gasteiger partial charge is 0.247 e. The summed E-state index contributed by atoms with van der Waals surface area (Å²) in [4.78, 5) is 25.2. The standard InChI is InChI=1S/C24H32N2O2/c1-3-5-6-10-13-23(27)26-22(18-20-11-8-7-9-12-20)24(28)25-21-16-14-19(4-2)15-17-21/h7-9,11-12,14-17,22H,3-6,10,13,18H2,1-2H3,(H,25,28)(H,26,27). The van der Waals surface area contributed by atoms with Crippen LogP contribution in [-0.4, -0.2) is 17.9 Å². The number of hydrogen-bond donors (Lipinski definition) is 2. The molecule has 1 atom stereocenters. The third-order valence-electron chi connectivity index (χ3n) is 4.82. The second-order valence-electron chi connectivity index (χ2n) is 7.16. The van der Waals surface area contributed by atoms with Crippen LogP contribution in [-0.2, 0) is 22.4 Å². The number of amides is 2. The molecule has 0 aliphatic rings. The minimum Gasteiger partial charge on any atom is -0.344 e. The minimum absolute atomic E-state index is 0.0616. The van der Waals surface area contributed by atoms with Crippen LogP contribution >= 0.6 is 0 Å². The highest BCUT2D eigenvalue weighted by atomic mass is 16.2. The summed E-state index contributed by atoms with van der Waals surface area (Å²) in [5, 5.41) is 5.88. The lowest BCUT2D eigenvalue weighted by Gasteiger charge is -2.19. The number of unbranched alkanes of at least 4 members (excludes halogenated alkanes) is 3. The first kappa shape index (κ1) is 21.7. The van der Waals surface area contributed by atoms with Crippen LogP contribution in [0.1, 0.15) is 57.1 Å². The molecule has 2 rings (SSSR count). The van der Waals surface area contributed by atoms with Crippen LogP contribution in [0.5, 0.6) is 0 Å². The van der Waals surface area contributed by atoms with Crippen molar-refractivity contribution in [1.29, 1.82) is 0 Å². The van der Waals surface area contributed by atoms with Crippen molar-refractivity contribution < 1.29 is 9.59 Å². The Hall–Kier alpha value is -2.62. The molecule has 2 aromatic rings.